The fraction of sp³-hybridized carbons (Fsp3) is 0.533. The van der Waals surface area contributed by atoms with Crippen molar-refractivity contribution in [1.82, 2.24) is 4.90 Å². The normalized spacial score (nSPS) is 20.9. The average molecular weight is 246 g/mol. The maximum absolute atomic E-state index is 11.5. The Labute approximate surface area is 109 Å². The molecule has 1 aromatic carbocycles. The van der Waals surface area contributed by atoms with Crippen LogP contribution in [-0.4, -0.2) is 23.4 Å². The van der Waals surface area contributed by atoms with Gasteiger partial charge in [-0.05, 0) is 49.9 Å². The molecule has 1 atom stereocenters. The number of likely N-dealkylation sites (tertiary alicyclic amines) is 1. The highest BCUT2D eigenvalue weighted by molar-refractivity contribution is 5.79. The van der Waals surface area contributed by atoms with Gasteiger partial charge in [0.2, 0.25) is 5.91 Å². The third-order valence-electron chi connectivity index (χ3n) is 3.95. The molecule has 2 N–H and O–H groups in total. The van der Waals surface area contributed by atoms with Gasteiger partial charge in [0.25, 0.3) is 0 Å². The van der Waals surface area contributed by atoms with Gasteiger partial charge in [-0.2, -0.15) is 0 Å². The van der Waals surface area contributed by atoms with Crippen molar-refractivity contribution in [2.45, 2.75) is 45.7 Å². The van der Waals surface area contributed by atoms with Gasteiger partial charge in [0, 0.05) is 6.54 Å². The summed E-state index contributed by atoms with van der Waals surface area (Å²) in [6.07, 6.45) is 3.17. The number of hydrogen-bond acceptors (Lipinski definition) is 2. The van der Waals surface area contributed by atoms with Crippen LogP contribution in [0, 0.1) is 13.8 Å². The molecule has 3 heteroatoms. The van der Waals surface area contributed by atoms with Crippen molar-refractivity contribution >= 4 is 5.91 Å². The molecule has 3 nitrogen and oxygen atoms in total. The highest BCUT2D eigenvalue weighted by Crippen LogP contribution is 2.22. The number of carbonyl (C=O) groups is 1. The Morgan fingerprint density at radius 2 is 2.00 bits per heavy atom. The summed E-state index contributed by atoms with van der Waals surface area (Å²) in [6.45, 7) is 6.07. The van der Waals surface area contributed by atoms with Crippen LogP contribution in [0.5, 0.6) is 0 Å². The van der Waals surface area contributed by atoms with E-state index in [2.05, 4.69) is 36.9 Å². The molecule has 1 aliphatic rings. The minimum atomic E-state index is -0.180. The number of aryl methyl sites for hydroxylation is 2. The van der Waals surface area contributed by atoms with E-state index in [4.69, 9.17) is 5.73 Å². The Morgan fingerprint density at radius 1 is 1.33 bits per heavy atom. The number of piperidine rings is 1. The average Bonchev–Trinajstić information content (AvgIpc) is 2.34. The highest BCUT2D eigenvalue weighted by Gasteiger charge is 2.27. The van der Waals surface area contributed by atoms with Gasteiger partial charge in [0.05, 0.1) is 6.04 Å². The number of nitrogens with two attached hydrogens (primary N) is 1. The number of carbonyl (C=O) groups excluding carboxylic acids is 1. The molecular formula is C15H22N2O. The van der Waals surface area contributed by atoms with Gasteiger partial charge < -0.3 is 5.73 Å². The zero-order chi connectivity index (χ0) is 13.1. The molecular weight excluding hydrogens is 224 g/mol. The van der Waals surface area contributed by atoms with E-state index in [1.165, 1.54) is 16.7 Å². The van der Waals surface area contributed by atoms with Crippen LogP contribution in [0.3, 0.4) is 0 Å². The van der Waals surface area contributed by atoms with Crippen LogP contribution in [0.1, 0.15) is 36.0 Å². The molecule has 2 rings (SSSR count). The van der Waals surface area contributed by atoms with Gasteiger partial charge in [-0.25, -0.2) is 0 Å². The van der Waals surface area contributed by atoms with Gasteiger partial charge in [-0.3, -0.25) is 9.69 Å². The number of nitrogens with zero attached hydrogens (tertiary/aromatic N) is 1. The quantitative estimate of drug-likeness (QED) is 0.888. The minimum absolute atomic E-state index is 0.0854. The van der Waals surface area contributed by atoms with E-state index in [0.717, 1.165) is 32.4 Å². The van der Waals surface area contributed by atoms with Gasteiger partial charge in [0.15, 0.2) is 0 Å². The molecule has 1 saturated heterocycles. The Morgan fingerprint density at radius 3 is 2.61 bits per heavy atom. The zero-order valence-corrected chi connectivity index (χ0v) is 11.3. The standard InChI is InChI=1S/C15H22N2O/c1-11-6-5-7-12(2)13(11)10-17-9-4-3-8-14(17)15(16)18/h5-7,14H,3-4,8-10H2,1-2H3,(H2,16,18). The second-order valence-corrected chi connectivity index (χ2v) is 5.25. The van der Waals surface area contributed by atoms with Crippen LogP contribution in [0.2, 0.25) is 0 Å². The molecule has 0 aromatic heterocycles. The maximum Gasteiger partial charge on any atom is 0.234 e. The monoisotopic (exact) mass is 246 g/mol. The summed E-state index contributed by atoms with van der Waals surface area (Å²) >= 11 is 0. The summed E-state index contributed by atoms with van der Waals surface area (Å²) in [5, 5.41) is 0. The van der Waals surface area contributed by atoms with Crippen LogP contribution >= 0.6 is 0 Å². The van der Waals surface area contributed by atoms with E-state index in [1.807, 2.05) is 0 Å². The van der Waals surface area contributed by atoms with Gasteiger partial charge in [-0.15, -0.1) is 0 Å². The fourth-order valence-corrected chi connectivity index (χ4v) is 2.80. The first kappa shape index (κ1) is 13.1. The molecule has 0 aliphatic carbocycles. The third kappa shape index (κ3) is 2.72. The Hall–Kier alpha value is -1.35. The van der Waals surface area contributed by atoms with E-state index in [-0.39, 0.29) is 11.9 Å². The van der Waals surface area contributed by atoms with Crippen LogP contribution in [0.25, 0.3) is 0 Å². The SMILES string of the molecule is Cc1cccc(C)c1CN1CCCCC1C(N)=O. The van der Waals surface area contributed by atoms with Crippen LogP contribution in [0.4, 0.5) is 0 Å². The molecule has 0 saturated carbocycles. The largest absolute Gasteiger partial charge is 0.368 e. The molecule has 1 heterocycles. The van der Waals surface area contributed by atoms with Crippen molar-refractivity contribution in [2.75, 3.05) is 6.54 Å². The van der Waals surface area contributed by atoms with E-state index < -0.39 is 0 Å². The summed E-state index contributed by atoms with van der Waals surface area (Å²) < 4.78 is 0. The molecule has 1 aromatic rings. The predicted octanol–water partition coefficient (Wildman–Crippen LogP) is 2.14. The van der Waals surface area contributed by atoms with Gasteiger partial charge >= 0.3 is 0 Å². The van der Waals surface area contributed by atoms with Crippen LogP contribution < -0.4 is 5.73 Å². The summed E-state index contributed by atoms with van der Waals surface area (Å²) in [4.78, 5) is 13.7. The number of primary amides is 1. The molecule has 0 spiro atoms. The summed E-state index contributed by atoms with van der Waals surface area (Å²) in [7, 11) is 0. The first-order chi connectivity index (χ1) is 8.59. The molecule has 1 amide bonds. The van der Waals surface area contributed by atoms with Crippen molar-refractivity contribution < 1.29 is 4.79 Å². The molecule has 1 fully saturated rings. The van der Waals surface area contributed by atoms with E-state index >= 15 is 0 Å². The van der Waals surface area contributed by atoms with Crippen molar-refractivity contribution in [2.24, 2.45) is 5.73 Å². The highest BCUT2D eigenvalue weighted by atomic mass is 16.1. The molecule has 1 aliphatic heterocycles. The van der Waals surface area contributed by atoms with E-state index in [1.54, 1.807) is 0 Å². The van der Waals surface area contributed by atoms with Crippen LogP contribution in [-0.2, 0) is 11.3 Å². The van der Waals surface area contributed by atoms with Crippen molar-refractivity contribution in [3.05, 3.63) is 34.9 Å². The number of amides is 1. The Balaban J connectivity index is 2.18. The number of hydrogen-bond donors (Lipinski definition) is 1. The molecule has 0 radical (unpaired) electrons. The second-order valence-electron chi connectivity index (χ2n) is 5.25. The summed E-state index contributed by atoms with van der Waals surface area (Å²) in [5.41, 5.74) is 9.44. The number of rotatable bonds is 3. The minimum Gasteiger partial charge on any atom is -0.368 e. The summed E-state index contributed by atoms with van der Waals surface area (Å²) in [6, 6.07) is 6.25. The smallest absolute Gasteiger partial charge is 0.234 e. The Bertz CT molecular complexity index is 422. The molecule has 18 heavy (non-hydrogen) atoms. The maximum atomic E-state index is 11.5. The first-order valence-electron chi connectivity index (χ1n) is 6.68. The lowest BCUT2D eigenvalue weighted by Gasteiger charge is -2.34. The van der Waals surface area contributed by atoms with Crippen molar-refractivity contribution in [3.8, 4) is 0 Å². The molecule has 98 valence electrons. The summed E-state index contributed by atoms with van der Waals surface area (Å²) in [5.74, 6) is -0.180. The number of benzene rings is 1. The van der Waals surface area contributed by atoms with Gasteiger partial charge in [0.1, 0.15) is 0 Å². The topological polar surface area (TPSA) is 46.3 Å². The molecule has 1 unspecified atom stereocenters. The van der Waals surface area contributed by atoms with Crippen LogP contribution in [0.15, 0.2) is 18.2 Å². The molecule has 0 bridgehead atoms. The Kier molecular flexibility index (Phi) is 4.02. The third-order valence-corrected chi connectivity index (χ3v) is 3.95. The van der Waals surface area contributed by atoms with Crippen molar-refractivity contribution in [1.29, 1.82) is 0 Å². The lowest BCUT2D eigenvalue weighted by atomic mass is 9.97. The second kappa shape index (κ2) is 5.53. The lowest BCUT2D eigenvalue weighted by molar-refractivity contribution is -0.124. The fourth-order valence-electron chi connectivity index (χ4n) is 2.80. The zero-order valence-electron chi connectivity index (χ0n) is 11.3. The van der Waals surface area contributed by atoms with Gasteiger partial charge in [-0.1, -0.05) is 24.6 Å². The first-order valence-corrected chi connectivity index (χ1v) is 6.68. The van der Waals surface area contributed by atoms with Crippen molar-refractivity contribution in [3.63, 3.8) is 0 Å². The lowest BCUT2D eigenvalue weighted by Crippen LogP contribution is -2.47. The van der Waals surface area contributed by atoms with E-state index in [9.17, 15) is 4.79 Å². The van der Waals surface area contributed by atoms with E-state index in [0.29, 0.717) is 0 Å². The predicted molar refractivity (Wildman–Crippen MR) is 73.2 cm³/mol.